The summed E-state index contributed by atoms with van der Waals surface area (Å²) in [6, 6.07) is 0. The first kappa shape index (κ1) is 83.1. The number of hydrogen-bond donors (Lipinski definition) is 0. The predicted octanol–water partition coefficient (Wildman–Crippen LogP) is 22.1. The minimum Gasteiger partial charge on any atom is -0.756 e. The van der Waals surface area contributed by atoms with Gasteiger partial charge in [0.05, 0.1) is 27.7 Å². The number of ether oxygens (including phenoxy) is 2. The van der Waals surface area contributed by atoms with E-state index in [-0.39, 0.29) is 26.1 Å². The maximum Gasteiger partial charge on any atom is 0.306 e. The van der Waals surface area contributed by atoms with E-state index in [0.717, 1.165) is 161 Å². The number of carbonyl (C=O) groups is 2. The zero-order valence-corrected chi connectivity index (χ0v) is 57.2. The highest BCUT2D eigenvalue weighted by Crippen LogP contribution is 2.38. The van der Waals surface area contributed by atoms with Gasteiger partial charge in [-0.2, -0.15) is 0 Å². The highest BCUT2D eigenvalue weighted by atomic mass is 31.2. The molecule has 9 nitrogen and oxygen atoms in total. The molecule has 0 N–H and O–H groups in total. The van der Waals surface area contributed by atoms with Crippen molar-refractivity contribution < 1.29 is 42.1 Å². The Bertz CT molecular complexity index is 2140. The second kappa shape index (κ2) is 66.5. The van der Waals surface area contributed by atoms with Crippen LogP contribution in [0, 0.1) is 0 Å². The van der Waals surface area contributed by atoms with Crippen molar-refractivity contribution in [1.82, 2.24) is 0 Å². The third-order valence-electron chi connectivity index (χ3n) is 13.9. The van der Waals surface area contributed by atoms with Gasteiger partial charge < -0.3 is 27.9 Å². The van der Waals surface area contributed by atoms with Gasteiger partial charge in [0.15, 0.2) is 6.10 Å². The first-order valence-electron chi connectivity index (χ1n) is 34.5. The molecule has 88 heavy (non-hydrogen) atoms. The quantitative estimate of drug-likeness (QED) is 0.0195. The molecule has 0 bridgehead atoms. The number of carbonyl (C=O) groups excluding carboxylic acids is 2. The lowest BCUT2D eigenvalue weighted by molar-refractivity contribution is -0.870. The largest absolute Gasteiger partial charge is 0.756 e. The summed E-state index contributed by atoms with van der Waals surface area (Å²) in [6.45, 7) is 3.97. The fraction of sp³-hybridized carbons (Fsp3) is 0.590. The fourth-order valence-corrected chi connectivity index (χ4v) is 9.44. The van der Waals surface area contributed by atoms with Gasteiger partial charge in [-0.15, -0.1) is 0 Å². The van der Waals surface area contributed by atoms with Gasteiger partial charge in [0, 0.05) is 12.8 Å². The summed E-state index contributed by atoms with van der Waals surface area (Å²) in [5.74, 6) is -0.865. The molecule has 10 heteroatoms. The van der Waals surface area contributed by atoms with E-state index in [1.165, 1.54) is 44.9 Å². The normalized spacial score (nSPS) is 14.3. The Morgan fingerprint density at radius 1 is 0.352 bits per heavy atom. The van der Waals surface area contributed by atoms with Crippen molar-refractivity contribution in [3.05, 3.63) is 182 Å². The molecule has 0 aliphatic carbocycles. The van der Waals surface area contributed by atoms with Crippen molar-refractivity contribution >= 4 is 19.8 Å². The Morgan fingerprint density at radius 3 is 0.909 bits per heavy atom. The van der Waals surface area contributed by atoms with Gasteiger partial charge in [-0.25, -0.2) is 0 Å². The lowest BCUT2D eigenvalue weighted by atomic mass is 10.0. The van der Waals surface area contributed by atoms with Crippen LogP contribution in [-0.2, 0) is 32.7 Å². The number of quaternary nitrogens is 1. The molecule has 0 aliphatic heterocycles. The maximum atomic E-state index is 12.9. The van der Waals surface area contributed by atoms with E-state index in [2.05, 4.69) is 196 Å². The first-order valence-corrected chi connectivity index (χ1v) is 36.0. The Hall–Kier alpha value is -4.89. The molecular weight excluding hydrogens is 1110 g/mol. The van der Waals surface area contributed by atoms with Crippen LogP contribution in [0.25, 0.3) is 0 Å². The van der Waals surface area contributed by atoms with Crippen LogP contribution in [0.5, 0.6) is 0 Å². The summed E-state index contributed by atoms with van der Waals surface area (Å²) in [7, 11) is 1.13. The van der Waals surface area contributed by atoms with Crippen molar-refractivity contribution in [3.63, 3.8) is 0 Å². The van der Waals surface area contributed by atoms with Crippen LogP contribution in [0.15, 0.2) is 182 Å². The number of likely N-dealkylation sites (N-methyl/N-ethyl adjacent to an activating group) is 1. The molecule has 0 saturated carbocycles. The highest BCUT2D eigenvalue weighted by Gasteiger charge is 2.22. The average Bonchev–Trinajstić information content (AvgIpc) is 3.68. The van der Waals surface area contributed by atoms with E-state index in [4.69, 9.17) is 18.5 Å². The molecular formula is C78H126NO8P. The van der Waals surface area contributed by atoms with E-state index in [1.54, 1.807) is 0 Å². The number of hydrogen-bond acceptors (Lipinski definition) is 8. The second-order valence-electron chi connectivity index (χ2n) is 23.4. The Labute approximate surface area is 540 Å². The molecule has 0 heterocycles. The number of rotatable bonds is 61. The van der Waals surface area contributed by atoms with Crippen LogP contribution in [0.2, 0.25) is 0 Å². The summed E-state index contributed by atoms with van der Waals surface area (Å²) in [4.78, 5) is 38.1. The topological polar surface area (TPSA) is 111 Å². The van der Waals surface area contributed by atoms with E-state index in [0.29, 0.717) is 23.9 Å². The lowest BCUT2D eigenvalue weighted by Gasteiger charge is -2.28. The van der Waals surface area contributed by atoms with E-state index in [9.17, 15) is 19.0 Å². The smallest absolute Gasteiger partial charge is 0.306 e. The minimum absolute atomic E-state index is 0.0436. The molecule has 0 amide bonds. The summed E-state index contributed by atoms with van der Waals surface area (Å²) in [6.07, 6.45) is 102. The number of phosphoric acid groups is 1. The van der Waals surface area contributed by atoms with Gasteiger partial charge in [0.2, 0.25) is 0 Å². The Kier molecular flexibility index (Phi) is 62.8. The lowest BCUT2D eigenvalue weighted by Crippen LogP contribution is -2.37. The summed E-state index contributed by atoms with van der Waals surface area (Å²) in [5, 5.41) is 0. The molecule has 2 atom stereocenters. The van der Waals surface area contributed by atoms with Gasteiger partial charge in [-0.1, -0.05) is 280 Å². The van der Waals surface area contributed by atoms with E-state index in [1.807, 2.05) is 21.1 Å². The van der Waals surface area contributed by atoms with Gasteiger partial charge in [0.25, 0.3) is 7.82 Å². The average molecular weight is 1240 g/mol. The van der Waals surface area contributed by atoms with Crippen LogP contribution < -0.4 is 4.89 Å². The van der Waals surface area contributed by atoms with Crippen LogP contribution in [0.1, 0.15) is 245 Å². The summed E-state index contributed by atoms with van der Waals surface area (Å²) in [5.41, 5.74) is 0. The number of nitrogens with zero attached hydrogens (tertiary/aromatic N) is 1. The molecule has 496 valence electrons. The predicted molar refractivity (Wildman–Crippen MR) is 378 cm³/mol. The molecule has 0 aliphatic rings. The van der Waals surface area contributed by atoms with Crippen LogP contribution in [-0.4, -0.2) is 70.0 Å². The molecule has 0 aromatic carbocycles. The molecule has 0 spiro atoms. The van der Waals surface area contributed by atoms with Gasteiger partial charge in [-0.05, 0) is 135 Å². The standard InChI is InChI=1S/C78H126NO8P/c1-6-8-10-12-14-16-18-20-22-24-26-28-30-32-33-34-35-36-37-38-39-40-41-42-43-44-45-47-49-51-53-55-57-59-61-63-65-67-69-71-78(81)87-76(75-86-88(82,83)85-73-72-79(3,4)5)74-84-77(80)70-68-66-64-62-60-58-56-54-52-50-48-46-31-29-27-25-23-21-19-17-15-13-11-9-7-2/h8-11,14-17,20-23,26-29,32-33,35-36,38-39,41-42,44-46,48,52,54,76H,6-7,12-13,18-19,24-25,30-31,34,37,40,43,47,49-51,53,55-75H2,1-5H3/b10-8-,11-9-,16-14-,17-15-,22-20-,23-21-,28-26-,29-27-,33-32-,36-35-,39-38-,42-41-,45-44-,48-46-,54-52-. The number of unbranched alkanes of at least 4 members (excludes halogenated alkanes) is 17. The first-order chi connectivity index (χ1) is 43.0. The van der Waals surface area contributed by atoms with Crippen LogP contribution >= 0.6 is 7.82 Å². The van der Waals surface area contributed by atoms with Gasteiger partial charge in [0.1, 0.15) is 19.8 Å². The number of phosphoric ester groups is 1. The zero-order valence-electron chi connectivity index (χ0n) is 56.3. The molecule has 2 unspecified atom stereocenters. The van der Waals surface area contributed by atoms with Crippen molar-refractivity contribution in [2.45, 2.75) is 251 Å². The fourth-order valence-electron chi connectivity index (χ4n) is 8.71. The van der Waals surface area contributed by atoms with E-state index < -0.39 is 32.5 Å². The van der Waals surface area contributed by atoms with Gasteiger partial charge in [-0.3, -0.25) is 14.2 Å². The summed E-state index contributed by atoms with van der Waals surface area (Å²) >= 11 is 0. The highest BCUT2D eigenvalue weighted by molar-refractivity contribution is 7.45. The summed E-state index contributed by atoms with van der Waals surface area (Å²) < 4.78 is 34.3. The van der Waals surface area contributed by atoms with Crippen LogP contribution in [0.4, 0.5) is 0 Å². The van der Waals surface area contributed by atoms with Crippen LogP contribution in [0.3, 0.4) is 0 Å². The molecule has 0 saturated heterocycles. The molecule has 0 rings (SSSR count). The van der Waals surface area contributed by atoms with Crippen molar-refractivity contribution in [3.8, 4) is 0 Å². The molecule has 0 aromatic rings. The Morgan fingerprint density at radius 2 is 0.614 bits per heavy atom. The Balaban J connectivity index is 4.15. The third-order valence-corrected chi connectivity index (χ3v) is 14.9. The SMILES string of the molecule is CC/C=C\C/C=C\C/C=C\C/C=C\C/C=C\C/C=C\C/C=C\C/C=C\C/C=C\CCCCCCCCCCCCCC(=O)OC(COC(=O)CCCCCCCC/C=C\C/C=C\C/C=C\C/C=C\C/C=C\C/C=C\CC)COP(=O)([O-])OCC[N+](C)(C)C. The van der Waals surface area contributed by atoms with Gasteiger partial charge >= 0.3 is 11.9 Å². The monoisotopic (exact) mass is 1240 g/mol. The number of esters is 2. The van der Waals surface area contributed by atoms with Crippen molar-refractivity contribution in [2.24, 2.45) is 0 Å². The third kappa shape index (κ3) is 70.2. The zero-order chi connectivity index (χ0) is 64.1. The maximum absolute atomic E-state index is 12.9. The second-order valence-corrected chi connectivity index (χ2v) is 24.8. The van der Waals surface area contributed by atoms with Crippen molar-refractivity contribution in [2.75, 3.05) is 47.5 Å². The number of allylic oxidation sites excluding steroid dienone is 30. The molecule has 0 radical (unpaired) electrons. The minimum atomic E-state index is -4.66. The molecule has 0 fully saturated rings. The van der Waals surface area contributed by atoms with Crippen molar-refractivity contribution in [1.29, 1.82) is 0 Å². The molecule has 0 aromatic heterocycles. The van der Waals surface area contributed by atoms with E-state index >= 15 is 0 Å².